The van der Waals surface area contributed by atoms with E-state index in [1.165, 1.54) is 0 Å². The van der Waals surface area contributed by atoms with Crippen molar-refractivity contribution in [2.24, 2.45) is 0 Å². The van der Waals surface area contributed by atoms with Gasteiger partial charge in [0.05, 0.1) is 24.3 Å². The normalized spacial score (nSPS) is 12.4. The molecule has 2 rings (SSSR count). The van der Waals surface area contributed by atoms with Crippen LogP contribution in [0, 0.1) is 0 Å². The number of carbonyl (C=O) groups excluding carboxylic acids is 1. The maximum Gasteiger partial charge on any atom is 0.339 e. The van der Waals surface area contributed by atoms with Crippen LogP contribution in [0.25, 0.3) is 5.52 Å². The van der Waals surface area contributed by atoms with Gasteiger partial charge in [-0.3, -0.25) is 4.40 Å². The molecule has 2 heterocycles. The Bertz CT molecular complexity index is 780. The molecule has 0 unspecified atom stereocenters. The Labute approximate surface area is 164 Å². The average Bonchev–Trinajstić information content (AvgIpc) is 2.99. The summed E-state index contributed by atoms with van der Waals surface area (Å²) in [6.45, 7) is 14.2. The first-order valence-electron chi connectivity index (χ1n) is 8.81. The first-order valence-corrected chi connectivity index (χ1v) is 12.5. The molecule has 0 spiro atoms. The van der Waals surface area contributed by atoms with E-state index in [4.69, 9.17) is 13.9 Å². The van der Waals surface area contributed by atoms with Gasteiger partial charge in [0, 0.05) is 10.7 Å². The second-order valence-corrected chi connectivity index (χ2v) is 13.3. The molecule has 7 heteroatoms. The van der Waals surface area contributed by atoms with Crippen LogP contribution < -0.4 is 4.74 Å². The summed E-state index contributed by atoms with van der Waals surface area (Å²) in [5.41, 5.74) is 1.36. The third kappa shape index (κ3) is 4.69. The fraction of sp³-hybridized carbons (Fsp3) is 0.526. The standard InChI is InChI=1S/C19H28BrNO4Si/c1-7-23-18(22)14-12-16-15(20)8-9-17(21(16)13-14)24-10-11-25-26(5,6)19(2,3)4/h8-9,12-13H,7,10-11H2,1-6H3. The lowest BCUT2D eigenvalue weighted by atomic mass is 10.2. The Balaban J connectivity index is 2.10. The molecule has 2 aromatic rings. The van der Waals surface area contributed by atoms with Gasteiger partial charge in [0.15, 0.2) is 14.2 Å². The first-order chi connectivity index (χ1) is 12.1. The van der Waals surface area contributed by atoms with Crippen LogP contribution in [-0.4, -0.2) is 38.5 Å². The van der Waals surface area contributed by atoms with E-state index in [0.29, 0.717) is 31.3 Å². The highest BCUT2D eigenvalue weighted by Crippen LogP contribution is 2.36. The van der Waals surface area contributed by atoms with Gasteiger partial charge in [0.2, 0.25) is 0 Å². The molecule has 0 aliphatic rings. The minimum Gasteiger partial charge on any atom is -0.476 e. The molecule has 0 amide bonds. The van der Waals surface area contributed by atoms with E-state index in [1.54, 1.807) is 19.2 Å². The van der Waals surface area contributed by atoms with Gasteiger partial charge in [0.25, 0.3) is 0 Å². The second kappa shape index (κ2) is 8.15. The topological polar surface area (TPSA) is 49.2 Å². The van der Waals surface area contributed by atoms with E-state index in [0.717, 1.165) is 9.99 Å². The monoisotopic (exact) mass is 441 g/mol. The molecule has 5 nitrogen and oxygen atoms in total. The summed E-state index contributed by atoms with van der Waals surface area (Å²) in [6, 6.07) is 5.58. The number of hydrogen-bond donors (Lipinski definition) is 0. The Morgan fingerprint density at radius 1 is 1.23 bits per heavy atom. The molecule has 0 radical (unpaired) electrons. The van der Waals surface area contributed by atoms with Crippen molar-refractivity contribution in [1.82, 2.24) is 4.40 Å². The Kier molecular flexibility index (Phi) is 6.58. The minimum atomic E-state index is -1.78. The summed E-state index contributed by atoms with van der Waals surface area (Å²) in [5, 5.41) is 0.173. The van der Waals surface area contributed by atoms with Gasteiger partial charge in [-0.15, -0.1) is 0 Å². The number of halogens is 1. The summed E-state index contributed by atoms with van der Waals surface area (Å²) in [5.74, 6) is 0.327. The van der Waals surface area contributed by atoms with Crippen molar-refractivity contribution >= 4 is 35.7 Å². The van der Waals surface area contributed by atoms with Gasteiger partial charge in [-0.05, 0) is 59.2 Å². The van der Waals surface area contributed by atoms with E-state index < -0.39 is 8.32 Å². The lowest BCUT2D eigenvalue weighted by Crippen LogP contribution is -2.41. The summed E-state index contributed by atoms with van der Waals surface area (Å²) in [6.07, 6.45) is 1.74. The number of hydrogen-bond acceptors (Lipinski definition) is 4. The molecule has 0 aliphatic heterocycles. The number of nitrogens with zero attached hydrogens (tertiary/aromatic N) is 1. The van der Waals surface area contributed by atoms with Gasteiger partial charge in [-0.1, -0.05) is 20.8 Å². The van der Waals surface area contributed by atoms with Crippen LogP contribution in [0.3, 0.4) is 0 Å². The highest BCUT2D eigenvalue weighted by molar-refractivity contribution is 9.10. The highest BCUT2D eigenvalue weighted by atomic mass is 79.9. The number of rotatable bonds is 7. The van der Waals surface area contributed by atoms with Crippen LogP contribution in [0.15, 0.2) is 28.9 Å². The van der Waals surface area contributed by atoms with Gasteiger partial charge in [-0.25, -0.2) is 4.79 Å². The van der Waals surface area contributed by atoms with Crippen LogP contribution >= 0.6 is 15.9 Å². The van der Waals surface area contributed by atoms with Crippen molar-refractivity contribution in [2.75, 3.05) is 19.8 Å². The van der Waals surface area contributed by atoms with Crippen molar-refractivity contribution in [1.29, 1.82) is 0 Å². The molecule has 26 heavy (non-hydrogen) atoms. The van der Waals surface area contributed by atoms with E-state index in [-0.39, 0.29) is 11.0 Å². The smallest absolute Gasteiger partial charge is 0.339 e. The molecule has 0 saturated carbocycles. The molecule has 0 aliphatic carbocycles. The van der Waals surface area contributed by atoms with Crippen molar-refractivity contribution in [3.05, 3.63) is 34.4 Å². The molecular weight excluding hydrogens is 414 g/mol. The summed E-state index contributed by atoms with van der Waals surface area (Å²) >= 11 is 3.51. The van der Waals surface area contributed by atoms with E-state index in [1.807, 2.05) is 16.5 Å². The molecule has 0 bridgehead atoms. The summed E-state index contributed by atoms with van der Waals surface area (Å²) in [4.78, 5) is 12.0. The van der Waals surface area contributed by atoms with Crippen LogP contribution in [-0.2, 0) is 9.16 Å². The largest absolute Gasteiger partial charge is 0.476 e. The minimum absolute atomic E-state index is 0.173. The zero-order valence-electron chi connectivity index (χ0n) is 16.4. The molecule has 0 fully saturated rings. The number of aromatic nitrogens is 1. The maximum absolute atomic E-state index is 12.0. The predicted octanol–water partition coefficient (Wildman–Crippen LogP) is 5.28. The summed E-state index contributed by atoms with van der Waals surface area (Å²) in [7, 11) is -1.78. The highest BCUT2D eigenvalue weighted by Gasteiger charge is 2.36. The Morgan fingerprint density at radius 2 is 1.92 bits per heavy atom. The second-order valence-electron chi connectivity index (χ2n) is 7.68. The molecule has 0 saturated heterocycles. The molecule has 0 N–H and O–H groups in total. The van der Waals surface area contributed by atoms with E-state index in [2.05, 4.69) is 49.8 Å². The van der Waals surface area contributed by atoms with Gasteiger partial charge >= 0.3 is 5.97 Å². The first kappa shape index (κ1) is 21.0. The van der Waals surface area contributed by atoms with Crippen LogP contribution in [0.2, 0.25) is 18.1 Å². The average molecular weight is 442 g/mol. The molecule has 0 atom stereocenters. The lowest BCUT2D eigenvalue weighted by Gasteiger charge is -2.36. The Hall–Kier alpha value is -1.31. The fourth-order valence-corrected chi connectivity index (χ4v) is 3.71. The maximum atomic E-state index is 12.0. The van der Waals surface area contributed by atoms with Crippen LogP contribution in [0.5, 0.6) is 5.88 Å². The van der Waals surface area contributed by atoms with Crippen molar-refractivity contribution in [3.63, 3.8) is 0 Å². The fourth-order valence-electron chi connectivity index (χ4n) is 2.24. The van der Waals surface area contributed by atoms with Gasteiger partial charge in [0.1, 0.15) is 6.61 Å². The molecular formula is C19H28BrNO4Si. The predicted molar refractivity (Wildman–Crippen MR) is 110 cm³/mol. The Morgan fingerprint density at radius 3 is 2.54 bits per heavy atom. The third-order valence-electron chi connectivity index (χ3n) is 4.79. The number of fused-ring (bicyclic) bond motifs is 1. The quantitative estimate of drug-likeness (QED) is 0.333. The number of ether oxygens (including phenoxy) is 2. The van der Waals surface area contributed by atoms with Crippen molar-refractivity contribution in [3.8, 4) is 5.88 Å². The van der Waals surface area contributed by atoms with E-state index in [9.17, 15) is 4.79 Å². The molecule has 2 aromatic heterocycles. The number of esters is 1. The van der Waals surface area contributed by atoms with Crippen molar-refractivity contribution < 1.29 is 18.7 Å². The number of carbonyl (C=O) groups is 1. The molecule has 0 aromatic carbocycles. The zero-order valence-corrected chi connectivity index (χ0v) is 19.0. The van der Waals surface area contributed by atoms with Crippen LogP contribution in [0.1, 0.15) is 38.1 Å². The third-order valence-corrected chi connectivity index (χ3v) is 10.00. The summed E-state index contributed by atoms with van der Waals surface area (Å²) < 4.78 is 19.9. The van der Waals surface area contributed by atoms with Crippen LogP contribution in [0.4, 0.5) is 0 Å². The zero-order chi connectivity index (χ0) is 19.5. The van der Waals surface area contributed by atoms with Crippen molar-refractivity contribution in [2.45, 2.75) is 45.8 Å². The van der Waals surface area contributed by atoms with Gasteiger partial charge < -0.3 is 13.9 Å². The van der Waals surface area contributed by atoms with Gasteiger partial charge in [-0.2, -0.15) is 0 Å². The lowest BCUT2D eigenvalue weighted by molar-refractivity contribution is 0.0526. The molecule has 144 valence electrons. The number of pyridine rings is 1. The van der Waals surface area contributed by atoms with E-state index >= 15 is 0 Å². The SMILES string of the molecule is CCOC(=O)c1cc2c(Br)ccc(OCCO[Si](C)(C)C(C)(C)C)n2c1.